The molecule has 1 aliphatic heterocycles. The maximum Gasteiger partial charge on any atom is 0.295 e. The third-order valence-electron chi connectivity index (χ3n) is 5.21. The zero-order valence-electron chi connectivity index (χ0n) is 16.2. The molecular weight excluding hydrogens is 356 g/mol. The summed E-state index contributed by atoms with van der Waals surface area (Å²) in [5, 5.41) is 16.5. The van der Waals surface area contributed by atoms with Gasteiger partial charge in [-0.15, -0.1) is 0 Å². The first kappa shape index (κ1) is 18.4. The number of para-hydroxylation sites is 1. The molecule has 0 bridgehead atoms. The fourth-order valence-electron chi connectivity index (χ4n) is 3.93. The highest BCUT2D eigenvalue weighted by molar-refractivity contribution is 5.97. The normalized spacial score (nSPS) is 15.7. The van der Waals surface area contributed by atoms with Crippen molar-refractivity contribution in [3.8, 4) is 0 Å². The third-order valence-corrected chi connectivity index (χ3v) is 5.21. The van der Waals surface area contributed by atoms with E-state index in [0.717, 1.165) is 55.9 Å². The molecule has 4 rings (SSSR count). The van der Waals surface area contributed by atoms with Crippen molar-refractivity contribution in [2.75, 3.05) is 31.1 Å². The van der Waals surface area contributed by atoms with Crippen LogP contribution in [-0.2, 0) is 13.6 Å². The first-order valence-electron chi connectivity index (χ1n) is 9.51. The topological polar surface area (TPSA) is 80.3 Å². The summed E-state index contributed by atoms with van der Waals surface area (Å²) in [6.45, 7) is 6.54. The molecule has 3 heterocycles. The van der Waals surface area contributed by atoms with Crippen LogP contribution in [0.4, 0.5) is 11.4 Å². The van der Waals surface area contributed by atoms with Crippen LogP contribution in [-0.4, -0.2) is 50.8 Å². The molecule has 8 nitrogen and oxygen atoms in total. The maximum atomic E-state index is 11.4. The maximum absolute atomic E-state index is 11.4. The molecule has 146 valence electrons. The summed E-state index contributed by atoms with van der Waals surface area (Å²) in [7, 11) is 1.93. The van der Waals surface area contributed by atoms with E-state index in [2.05, 4.69) is 26.1 Å². The molecule has 1 aliphatic rings. The molecule has 1 fully saturated rings. The number of aromatic nitrogens is 3. The van der Waals surface area contributed by atoms with Gasteiger partial charge < -0.3 is 4.90 Å². The fourth-order valence-corrected chi connectivity index (χ4v) is 3.93. The summed E-state index contributed by atoms with van der Waals surface area (Å²) in [6, 6.07) is 7.25. The van der Waals surface area contributed by atoms with Crippen molar-refractivity contribution in [3.05, 3.63) is 58.0 Å². The van der Waals surface area contributed by atoms with Gasteiger partial charge in [0.05, 0.1) is 11.1 Å². The predicted molar refractivity (Wildman–Crippen MR) is 108 cm³/mol. The van der Waals surface area contributed by atoms with Gasteiger partial charge in [0.15, 0.2) is 5.52 Å². The summed E-state index contributed by atoms with van der Waals surface area (Å²) in [4.78, 5) is 20.3. The Kier molecular flexibility index (Phi) is 4.95. The van der Waals surface area contributed by atoms with E-state index >= 15 is 0 Å². The van der Waals surface area contributed by atoms with Crippen LogP contribution in [0.15, 0.2) is 36.7 Å². The first-order chi connectivity index (χ1) is 13.5. The van der Waals surface area contributed by atoms with E-state index in [9.17, 15) is 10.1 Å². The molecule has 28 heavy (non-hydrogen) atoms. The van der Waals surface area contributed by atoms with E-state index in [4.69, 9.17) is 0 Å². The Balaban J connectivity index is 1.60. The molecule has 0 N–H and O–H groups in total. The van der Waals surface area contributed by atoms with Gasteiger partial charge in [-0.1, -0.05) is 12.1 Å². The van der Waals surface area contributed by atoms with Crippen LogP contribution in [0.5, 0.6) is 0 Å². The highest BCUT2D eigenvalue weighted by Gasteiger charge is 2.21. The number of benzene rings is 1. The molecule has 0 atom stereocenters. The van der Waals surface area contributed by atoms with E-state index < -0.39 is 0 Å². The number of fused-ring (bicyclic) bond motifs is 1. The summed E-state index contributed by atoms with van der Waals surface area (Å²) in [5.74, 6) is 0. The van der Waals surface area contributed by atoms with E-state index in [1.54, 1.807) is 6.07 Å². The lowest BCUT2D eigenvalue weighted by Gasteiger charge is -2.25. The number of rotatable bonds is 4. The van der Waals surface area contributed by atoms with E-state index in [1.165, 1.54) is 11.6 Å². The van der Waals surface area contributed by atoms with E-state index in [0.29, 0.717) is 5.52 Å². The Labute approximate surface area is 163 Å². The fraction of sp³-hybridized carbons (Fsp3) is 0.400. The average Bonchev–Trinajstić information content (AvgIpc) is 2.93. The minimum Gasteiger partial charge on any atom is -0.370 e. The number of nitro groups is 1. The van der Waals surface area contributed by atoms with Crippen LogP contribution >= 0.6 is 0 Å². The molecule has 0 saturated carbocycles. The SMILES string of the molecule is Cc1cc(N2CCCN(Cc3cnn(C)c3)CC2)c2cccc([N+](=O)[O-])c2n1. The van der Waals surface area contributed by atoms with Crippen LogP contribution in [0.2, 0.25) is 0 Å². The molecule has 1 saturated heterocycles. The molecule has 0 unspecified atom stereocenters. The average molecular weight is 380 g/mol. The van der Waals surface area contributed by atoms with Crippen molar-refractivity contribution < 1.29 is 4.92 Å². The number of non-ortho nitro benzene ring substituents is 1. The van der Waals surface area contributed by atoms with Gasteiger partial charge in [-0.3, -0.25) is 19.7 Å². The lowest BCUT2D eigenvalue weighted by Crippen LogP contribution is -2.30. The Hall–Kier alpha value is -3.00. The quantitative estimate of drug-likeness (QED) is 0.511. The highest BCUT2D eigenvalue weighted by Crippen LogP contribution is 2.32. The summed E-state index contributed by atoms with van der Waals surface area (Å²) in [6.07, 6.45) is 5.01. The lowest BCUT2D eigenvalue weighted by atomic mass is 10.1. The minimum absolute atomic E-state index is 0.0653. The molecule has 0 spiro atoms. The summed E-state index contributed by atoms with van der Waals surface area (Å²) < 4.78 is 1.83. The summed E-state index contributed by atoms with van der Waals surface area (Å²) >= 11 is 0. The molecular formula is C20H24N6O2. The van der Waals surface area contributed by atoms with Crippen molar-refractivity contribution >= 4 is 22.3 Å². The second-order valence-electron chi connectivity index (χ2n) is 7.35. The third kappa shape index (κ3) is 3.68. The van der Waals surface area contributed by atoms with E-state index in [1.807, 2.05) is 37.0 Å². The molecule has 8 heteroatoms. The lowest BCUT2D eigenvalue weighted by molar-refractivity contribution is -0.383. The predicted octanol–water partition coefficient (Wildman–Crippen LogP) is 2.90. The molecule has 0 radical (unpaired) electrons. The molecule has 1 aromatic carbocycles. The van der Waals surface area contributed by atoms with Crippen molar-refractivity contribution in [3.63, 3.8) is 0 Å². The number of hydrogen-bond acceptors (Lipinski definition) is 6. The van der Waals surface area contributed by atoms with Crippen LogP contribution in [0, 0.1) is 17.0 Å². The number of nitro benzene ring substituents is 1. The van der Waals surface area contributed by atoms with Crippen LogP contribution in [0.1, 0.15) is 17.7 Å². The Morgan fingerprint density at radius 2 is 2.07 bits per heavy atom. The molecule has 0 aliphatic carbocycles. The molecule has 2 aromatic heterocycles. The van der Waals surface area contributed by atoms with Crippen LogP contribution in [0.3, 0.4) is 0 Å². The number of aryl methyl sites for hydroxylation is 2. The Morgan fingerprint density at radius 3 is 2.82 bits per heavy atom. The van der Waals surface area contributed by atoms with Gasteiger partial charge in [-0.05, 0) is 19.4 Å². The largest absolute Gasteiger partial charge is 0.370 e. The zero-order chi connectivity index (χ0) is 19.7. The minimum atomic E-state index is -0.351. The number of anilines is 1. The van der Waals surface area contributed by atoms with E-state index in [-0.39, 0.29) is 10.6 Å². The monoisotopic (exact) mass is 380 g/mol. The van der Waals surface area contributed by atoms with Gasteiger partial charge in [0.1, 0.15) is 0 Å². The van der Waals surface area contributed by atoms with Crippen molar-refractivity contribution in [2.45, 2.75) is 19.9 Å². The number of pyridine rings is 1. The van der Waals surface area contributed by atoms with Gasteiger partial charge in [0.2, 0.25) is 0 Å². The second-order valence-corrected chi connectivity index (χ2v) is 7.35. The zero-order valence-corrected chi connectivity index (χ0v) is 16.2. The summed E-state index contributed by atoms with van der Waals surface area (Å²) in [5.41, 5.74) is 3.59. The second kappa shape index (κ2) is 7.55. The first-order valence-corrected chi connectivity index (χ1v) is 9.51. The number of hydrogen-bond donors (Lipinski definition) is 0. The van der Waals surface area contributed by atoms with Gasteiger partial charge in [0, 0.05) is 74.4 Å². The van der Waals surface area contributed by atoms with Crippen molar-refractivity contribution in [1.82, 2.24) is 19.7 Å². The standard InChI is InChI=1S/C20H24N6O2/c1-15-11-19(17-5-3-6-18(26(27)28)20(17)22-15)25-8-4-7-24(9-10-25)14-16-12-21-23(2)13-16/h3,5-6,11-13H,4,7-10,14H2,1-2H3. The molecule has 0 amide bonds. The van der Waals surface area contributed by atoms with Crippen LogP contribution in [0.25, 0.3) is 10.9 Å². The van der Waals surface area contributed by atoms with Gasteiger partial charge in [-0.25, -0.2) is 4.98 Å². The van der Waals surface area contributed by atoms with Crippen molar-refractivity contribution in [2.24, 2.45) is 7.05 Å². The van der Waals surface area contributed by atoms with Crippen LogP contribution < -0.4 is 4.90 Å². The molecule has 3 aromatic rings. The number of nitrogens with zero attached hydrogens (tertiary/aromatic N) is 6. The Bertz CT molecular complexity index is 1020. The smallest absolute Gasteiger partial charge is 0.295 e. The van der Waals surface area contributed by atoms with Gasteiger partial charge in [-0.2, -0.15) is 5.10 Å². The van der Waals surface area contributed by atoms with Gasteiger partial charge >= 0.3 is 0 Å². The van der Waals surface area contributed by atoms with Crippen molar-refractivity contribution in [1.29, 1.82) is 0 Å². The van der Waals surface area contributed by atoms with Gasteiger partial charge in [0.25, 0.3) is 5.69 Å². The Morgan fingerprint density at radius 1 is 1.21 bits per heavy atom. The highest BCUT2D eigenvalue weighted by atomic mass is 16.6.